The molecule has 2 aromatic rings. The van der Waals surface area contributed by atoms with Gasteiger partial charge in [-0.25, -0.2) is 4.39 Å². The molecule has 2 rings (SSSR count). The number of anilines is 1. The van der Waals surface area contributed by atoms with E-state index in [4.69, 9.17) is 5.73 Å². The molecule has 0 radical (unpaired) electrons. The van der Waals surface area contributed by atoms with Crippen LogP contribution in [0.15, 0.2) is 30.3 Å². The molecule has 1 aromatic heterocycles. The number of hydrogen-bond donors (Lipinski definition) is 2. The van der Waals surface area contributed by atoms with Gasteiger partial charge in [0.15, 0.2) is 0 Å². The van der Waals surface area contributed by atoms with Crippen molar-refractivity contribution >= 4 is 5.82 Å². The minimum atomic E-state index is -0.253. The summed E-state index contributed by atoms with van der Waals surface area (Å²) in [7, 11) is 0. The Morgan fingerprint density at radius 1 is 1.31 bits per heavy atom. The molecule has 68 valence electrons. The fourth-order valence-electron chi connectivity index (χ4n) is 1.11. The molecule has 0 unspecified atom stereocenters. The summed E-state index contributed by atoms with van der Waals surface area (Å²) in [4.78, 5) is 0. The van der Waals surface area contributed by atoms with Crippen LogP contribution < -0.4 is 5.73 Å². The number of H-pyrrole nitrogens is 1. The van der Waals surface area contributed by atoms with Crippen LogP contribution in [-0.2, 0) is 0 Å². The lowest BCUT2D eigenvalue weighted by atomic mass is 10.1. The van der Waals surface area contributed by atoms with Gasteiger partial charge < -0.3 is 5.73 Å². The van der Waals surface area contributed by atoms with E-state index in [9.17, 15) is 4.39 Å². The highest BCUT2D eigenvalue weighted by atomic mass is 19.1. The maximum atomic E-state index is 12.6. The number of hydrogen-bond acceptors (Lipinski definition) is 2. The SMILES string of the molecule is Nc1cc(-c2ccc(F)cc2)[nH]n1.[HH]. The molecule has 3 nitrogen and oxygen atoms in total. The lowest BCUT2D eigenvalue weighted by molar-refractivity contribution is 0.628. The number of nitrogens with two attached hydrogens (primary N) is 1. The molecule has 0 fully saturated rings. The highest BCUT2D eigenvalue weighted by Crippen LogP contribution is 2.18. The summed E-state index contributed by atoms with van der Waals surface area (Å²) >= 11 is 0. The van der Waals surface area contributed by atoms with Crippen LogP contribution in [0.5, 0.6) is 0 Å². The fourth-order valence-corrected chi connectivity index (χ4v) is 1.11. The minimum absolute atomic E-state index is 0. The molecule has 0 bridgehead atoms. The molecule has 4 heteroatoms. The van der Waals surface area contributed by atoms with Gasteiger partial charge in [0.1, 0.15) is 11.6 Å². The number of nitrogens with zero attached hydrogens (tertiary/aromatic N) is 1. The third-order valence-electron chi connectivity index (χ3n) is 1.75. The first-order valence-corrected chi connectivity index (χ1v) is 3.82. The van der Waals surface area contributed by atoms with Crippen molar-refractivity contribution in [3.8, 4) is 11.3 Å². The normalized spacial score (nSPS) is 10.2. The largest absolute Gasteiger partial charge is 0.382 e. The van der Waals surface area contributed by atoms with E-state index in [2.05, 4.69) is 10.2 Å². The molecular weight excluding hydrogens is 169 g/mol. The van der Waals surface area contributed by atoms with Gasteiger partial charge in [0.25, 0.3) is 0 Å². The van der Waals surface area contributed by atoms with Gasteiger partial charge in [-0.3, -0.25) is 5.10 Å². The van der Waals surface area contributed by atoms with E-state index >= 15 is 0 Å². The molecule has 13 heavy (non-hydrogen) atoms. The second-order valence-electron chi connectivity index (χ2n) is 2.71. The highest BCUT2D eigenvalue weighted by Gasteiger charge is 2.00. The molecule has 0 aliphatic rings. The molecule has 0 aliphatic carbocycles. The summed E-state index contributed by atoms with van der Waals surface area (Å²) < 4.78 is 12.6. The van der Waals surface area contributed by atoms with E-state index in [-0.39, 0.29) is 7.24 Å². The summed E-state index contributed by atoms with van der Waals surface area (Å²) in [5, 5.41) is 6.52. The quantitative estimate of drug-likeness (QED) is 0.703. The van der Waals surface area contributed by atoms with Crippen LogP contribution in [0.25, 0.3) is 11.3 Å². The first kappa shape index (κ1) is 7.79. The summed E-state index contributed by atoms with van der Waals surface area (Å²) in [6, 6.07) is 7.83. The van der Waals surface area contributed by atoms with Gasteiger partial charge >= 0.3 is 0 Å². The van der Waals surface area contributed by atoms with Crippen LogP contribution in [0.4, 0.5) is 10.2 Å². The van der Waals surface area contributed by atoms with Gasteiger partial charge in [-0.2, -0.15) is 5.10 Å². The molecule has 0 saturated heterocycles. The molecular formula is C9H10FN3. The van der Waals surface area contributed by atoms with Crippen molar-refractivity contribution in [2.45, 2.75) is 0 Å². The van der Waals surface area contributed by atoms with Crippen molar-refractivity contribution < 1.29 is 5.82 Å². The molecule has 3 N–H and O–H groups in total. The third-order valence-corrected chi connectivity index (χ3v) is 1.75. The van der Waals surface area contributed by atoms with Crippen molar-refractivity contribution in [1.29, 1.82) is 0 Å². The third kappa shape index (κ3) is 1.51. The Labute approximate surface area is 75.9 Å². The number of halogens is 1. The van der Waals surface area contributed by atoms with E-state index in [1.54, 1.807) is 18.2 Å². The van der Waals surface area contributed by atoms with Crippen LogP contribution >= 0.6 is 0 Å². The van der Waals surface area contributed by atoms with Crippen LogP contribution in [0.1, 0.15) is 1.43 Å². The molecule has 1 aromatic carbocycles. The van der Waals surface area contributed by atoms with Gasteiger partial charge in [0.05, 0.1) is 5.69 Å². The first-order chi connectivity index (χ1) is 6.25. The molecule has 0 aliphatic heterocycles. The van der Waals surface area contributed by atoms with Gasteiger partial charge in [-0.05, 0) is 29.8 Å². The zero-order valence-electron chi connectivity index (χ0n) is 6.79. The maximum Gasteiger partial charge on any atom is 0.145 e. The topological polar surface area (TPSA) is 54.7 Å². The molecule has 0 amide bonds. The molecule has 0 atom stereocenters. The van der Waals surface area contributed by atoms with Gasteiger partial charge in [0, 0.05) is 7.49 Å². The summed E-state index contributed by atoms with van der Waals surface area (Å²) in [6.07, 6.45) is 0. The average Bonchev–Trinajstić information content (AvgIpc) is 2.53. The predicted octanol–water partition coefficient (Wildman–Crippen LogP) is 2.04. The monoisotopic (exact) mass is 179 g/mol. The van der Waals surface area contributed by atoms with Crippen LogP contribution in [-0.4, -0.2) is 10.2 Å². The van der Waals surface area contributed by atoms with Gasteiger partial charge in [-0.1, -0.05) is 0 Å². The number of rotatable bonds is 1. The van der Waals surface area contributed by atoms with Crippen molar-refractivity contribution in [3.05, 3.63) is 36.1 Å². The van der Waals surface area contributed by atoms with Crippen molar-refractivity contribution in [1.82, 2.24) is 10.2 Å². The Hall–Kier alpha value is -1.84. The lowest BCUT2D eigenvalue weighted by Gasteiger charge is -1.94. The minimum Gasteiger partial charge on any atom is -0.382 e. The highest BCUT2D eigenvalue weighted by molar-refractivity contribution is 5.61. The summed E-state index contributed by atoms with van der Waals surface area (Å²) in [6.45, 7) is 0. The Morgan fingerprint density at radius 2 is 2.00 bits per heavy atom. The second kappa shape index (κ2) is 2.90. The van der Waals surface area contributed by atoms with E-state index in [0.717, 1.165) is 11.3 Å². The number of aromatic nitrogens is 2. The number of nitrogen functional groups attached to an aromatic ring is 1. The fraction of sp³-hybridized carbons (Fsp3) is 0. The number of aromatic amines is 1. The summed E-state index contributed by atoms with van der Waals surface area (Å²) in [5.41, 5.74) is 7.09. The van der Waals surface area contributed by atoms with Crippen LogP contribution in [0.3, 0.4) is 0 Å². The maximum absolute atomic E-state index is 12.6. The van der Waals surface area contributed by atoms with Crippen LogP contribution in [0, 0.1) is 5.82 Å². The van der Waals surface area contributed by atoms with Gasteiger partial charge in [0.2, 0.25) is 0 Å². The molecule has 1 heterocycles. The van der Waals surface area contributed by atoms with Gasteiger partial charge in [-0.15, -0.1) is 0 Å². The second-order valence-corrected chi connectivity index (χ2v) is 2.71. The van der Waals surface area contributed by atoms with Crippen molar-refractivity contribution in [2.75, 3.05) is 5.73 Å². The molecule has 0 spiro atoms. The van der Waals surface area contributed by atoms with E-state index < -0.39 is 0 Å². The van der Waals surface area contributed by atoms with Crippen molar-refractivity contribution in [2.24, 2.45) is 0 Å². The Kier molecular flexibility index (Phi) is 1.73. The standard InChI is InChI=1S/C9H8FN3.H2/c10-7-3-1-6(2-4-7)8-5-9(11)13-12-8;/h1-5H,(H3,11,12,13);1H. The summed E-state index contributed by atoms with van der Waals surface area (Å²) in [5.74, 6) is 0.176. The predicted molar refractivity (Wildman–Crippen MR) is 50.5 cm³/mol. The zero-order chi connectivity index (χ0) is 9.26. The van der Waals surface area contributed by atoms with E-state index in [1.165, 1.54) is 12.1 Å². The average molecular weight is 179 g/mol. The first-order valence-electron chi connectivity index (χ1n) is 3.82. The smallest absolute Gasteiger partial charge is 0.145 e. The van der Waals surface area contributed by atoms with Crippen molar-refractivity contribution in [3.63, 3.8) is 0 Å². The molecule has 0 saturated carbocycles. The lowest BCUT2D eigenvalue weighted by Crippen LogP contribution is -1.81. The Bertz CT molecular complexity index is 410. The number of benzene rings is 1. The Morgan fingerprint density at radius 3 is 2.54 bits per heavy atom. The zero-order valence-corrected chi connectivity index (χ0v) is 6.79. The van der Waals surface area contributed by atoms with E-state index in [0.29, 0.717) is 5.82 Å². The Balaban J connectivity index is 0.000000980. The van der Waals surface area contributed by atoms with Crippen LogP contribution in [0.2, 0.25) is 0 Å². The number of nitrogens with one attached hydrogen (secondary N) is 1. The van der Waals surface area contributed by atoms with E-state index in [1.807, 2.05) is 0 Å².